The van der Waals surface area contributed by atoms with E-state index in [1.807, 2.05) is 0 Å². The van der Waals surface area contributed by atoms with Crippen LogP contribution in [0.3, 0.4) is 0 Å². The molecule has 0 saturated carbocycles. The molecule has 0 saturated heterocycles. The molecule has 0 aromatic carbocycles. The van der Waals surface area contributed by atoms with Crippen LogP contribution in [0.5, 0.6) is 0 Å². The number of aliphatic hydroxyl groups excluding tert-OH is 3. The van der Waals surface area contributed by atoms with Gasteiger partial charge in [-0.2, -0.15) is 0 Å². The van der Waals surface area contributed by atoms with Gasteiger partial charge in [0.25, 0.3) is 0 Å². The maximum atomic E-state index is 9.81. The molecule has 0 rings (SSSR count). The van der Waals surface area contributed by atoms with Gasteiger partial charge in [-0.1, -0.05) is 6.08 Å². The van der Waals surface area contributed by atoms with Gasteiger partial charge in [0.1, 0.15) is 0 Å². The maximum absolute atomic E-state index is 9.81. The molecule has 9 heteroatoms. The van der Waals surface area contributed by atoms with Crippen molar-refractivity contribution in [3.8, 4) is 0 Å². The molecule has 98 valence electrons. The van der Waals surface area contributed by atoms with E-state index in [2.05, 4.69) is 11.1 Å². The van der Waals surface area contributed by atoms with Crippen molar-refractivity contribution in [2.45, 2.75) is 5.54 Å². The molecule has 0 aliphatic rings. The number of aliphatic hydroxyl groups is 3. The molecule has 0 fully saturated rings. The first kappa shape index (κ1) is 18.1. The maximum Gasteiger partial charge on any atom is 0.469 e. The summed E-state index contributed by atoms with van der Waals surface area (Å²) in [7, 11) is -4.25. The van der Waals surface area contributed by atoms with Gasteiger partial charge in [0.15, 0.2) is 0 Å². The van der Waals surface area contributed by atoms with Crippen LogP contribution in [0.2, 0.25) is 0 Å². The van der Waals surface area contributed by atoms with Crippen LogP contribution < -0.4 is 5.73 Å². The van der Waals surface area contributed by atoms with E-state index in [4.69, 9.17) is 30.8 Å². The summed E-state index contributed by atoms with van der Waals surface area (Å²) in [6, 6.07) is 0. The molecular formula is C7H18NO7P. The van der Waals surface area contributed by atoms with Crippen molar-refractivity contribution in [3.05, 3.63) is 12.7 Å². The van der Waals surface area contributed by atoms with E-state index in [1.165, 1.54) is 6.08 Å². The summed E-state index contributed by atoms with van der Waals surface area (Å²) in [5.74, 6) is 0. The van der Waals surface area contributed by atoms with E-state index >= 15 is 0 Å². The molecule has 0 aliphatic heterocycles. The van der Waals surface area contributed by atoms with Crippen LogP contribution in [0.25, 0.3) is 0 Å². The number of hydrogen-bond donors (Lipinski definition) is 6. The van der Waals surface area contributed by atoms with Gasteiger partial charge >= 0.3 is 7.82 Å². The van der Waals surface area contributed by atoms with Gasteiger partial charge in [-0.15, -0.1) is 6.58 Å². The monoisotopic (exact) mass is 259 g/mol. The molecule has 0 aromatic heterocycles. The first-order chi connectivity index (χ1) is 7.24. The van der Waals surface area contributed by atoms with Crippen LogP contribution in [-0.2, 0) is 9.09 Å². The molecule has 0 aromatic rings. The van der Waals surface area contributed by atoms with Gasteiger partial charge in [-0.3, -0.25) is 4.52 Å². The molecular weight excluding hydrogens is 241 g/mol. The Balaban J connectivity index is 0. The Labute approximate surface area is 93.2 Å². The highest BCUT2D eigenvalue weighted by atomic mass is 31.2. The Hall–Kier alpha value is -0.310. The van der Waals surface area contributed by atoms with Crippen molar-refractivity contribution in [2.75, 3.05) is 26.4 Å². The molecule has 8 nitrogen and oxygen atoms in total. The molecule has 0 bridgehead atoms. The fraction of sp³-hybridized carbons (Fsp3) is 0.714. The first-order valence-electron chi connectivity index (χ1n) is 4.17. The lowest BCUT2D eigenvalue weighted by atomic mass is 10.1. The Morgan fingerprint density at radius 1 is 1.25 bits per heavy atom. The van der Waals surface area contributed by atoms with E-state index in [1.54, 1.807) is 0 Å². The lowest BCUT2D eigenvalue weighted by molar-refractivity contribution is 0.0697. The second-order valence-electron chi connectivity index (χ2n) is 2.91. The summed E-state index contributed by atoms with van der Waals surface area (Å²) < 4.78 is 13.7. The van der Waals surface area contributed by atoms with Crippen LogP contribution in [0.15, 0.2) is 12.7 Å². The molecule has 0 unspecified atom stereocenters. The number of hydrogen-bond acceptors (Lipinski definition) is 6. The molecule has 0 heterocycles. The van der Waals surface area contributed by atoms with Gasteiger partial charge in [-0.25, -0.2) is 4.57 Å². The standard InChI is InChI=1S/C4H11NO3.C3H7O4P/c5-4(1-6,2-7)3-8;1-2-3-7-8(4,5)6/h6-8H,1-3,5H2;2H,1,3H2,(H2,4,5,6). The predicted octanol–water partition coefficient (Wildman–Crippen LogP) is -2.06. The SMILES string of the molecule is C=CCOP(=O)(O)O.NC(CO)(CO)CO. The van der Waals surface area contributed by atoms with E-state index < -0.39 is 33.2 Å². The average Bonchev–Trinajstić information content (AvgIpc) is 2.25. The number of nitrogens with two attached hydrogens (primary N) is 1. The Bertz CT molecular complexity index is 217. The molecule has 0 radical (unpaired) electrons. The molecule has 16 heavy (non-hydrogen) atoms. The van der Waals surface area contributed by atoms with Crippen molar-refractivity contribution >= 4 is 7.82 Å². The Kier molecular flexibility index (Phi) is 9.93. The third-order valence-corrected chi connectivity index (χ3v) is 1.79. The Morgan fingerprint density at radius 2 is 1.62 bits per heavy atom. The summed E-state index contributed by atoms with van der Waals surface area (Å²) in [5, 5.41) is 25.0. The lowest BCUT2D eigenvalue weighted by Crippen LogP contribution is -2.50. The van der Waals surface area contributed by atoms with Crippen LogP contribution in [0, 0.1) is 0 Å². The van der Waals surface area contributed by atoms with E-state index in [0.29, 0.717) is 0 Å². The highest BCUT2D eigenvalue weighted by Gasteiger charge is 2.20. The predicted molar refractivity (Wildman–Crippen MR) is 56.4 cm³/mol. The minimum atomic E-state index is -4.25. The lowest BCUT2D eigenvalue weighted by Gasteiger charge is -2.20. The zero-order chi connectivity index (χ0) is 13.2. The average molecular weight is 259 g/mol. The van der Waals surface area contributed by atoms with E-state index in [-0.39, 0.29) is 6.61 Å². The molecule has 0 aliphatic carbocycles. The highest BCUT2D eigenvalue weighted by molar-refractivity contribution is 7.46. The van der Waals surface area contributed by atoms with Crippen molar-refractivity contribution in [2.24, 2.45) is 5.73 Å². The summed E-state index contributed by atoms with van der Waals surface area (Å²) >= 11 is 0. The second kappa shape index (κ2) is 8.80. The van der Waals surface area contributed by atoms with Crippen molar-refractivity contribution < 1.29 is 34.2 Å². The third kappa shape index (κ3) is 11.8. The Morgan fingerprint density at radius 3 is 1.69 bits per heavy atom. The number of phosphoric ester groups is 1. The summed E-state index contributed by atoms with van der Waals surface area (Å²) in [4.78, 5) is 16.0. The van der Waals surface area contributed by atoms with Crippen molar-refractivity contribution in [1.82, 2.24) is 0 Å². The largest absolute Gasteiger partial charge is 0.469 e. The normalized spacial score (nSPS) is 11.6. The second-order valence-corrected chi connectivity index (χ2v) is 4.15. The van der Waals surface area contributed by atoms with E-state index in [0.717, 1.165) is 0 Å². The third-order valence-electron chi connectivity index (χ3n) is 1.31. The number of phosphoric acid groups is 1. The fourth-order valence-corrected chi connectivity index (χ4v) is 0.599. The fourth-order valence-electron chi connectivity index (χ4n) is 0.300. The molecule has 7 N–H and O–H groups in total. The van der Waals surface area contributed by atoms with Gasteiger partial charge in [0.2, 0.25) is 0 Å². The van der Waals surface area contributed by atoms with Crippen molar-refractivity contribution in [1.29, 1.82) is 0 Å². The van der Waals surface area contributed by atoms with Gasteiger partial charge in [0, 0.05) is 0 Å². The van der Waals surface area contributed by atoms with Crippen molar-refractivity contribution in [3.63, 3.8) is 0 Å². The minimum Gasteiger partial charge on any atom is -0.394 e. The van der Waals surface area contributed by atoms with Gasteiger partial charge in [-0.05, 0) is 0 Å². The topological polar surface area (TPSA) is 153 Å². The van der Waals surface area contributed by atoms with E-state index in [9.17, 15) is 4.57 Å². The highest BCUT2D eigenvalue weighted by Crippen LogP contribution is 2.35. The minimum absolute atomic E-state index is 0.121. The zero-order valence-electron chi connectivity index (χ0n) is 8.69. The zero-order valence-corrected chi connectivity index (χ0v) is 9.58. The number of rotatable bonds is 6. The summed E-state index contributed by atoms with van der Waals surface area (Å²) in [6.07, 6.45) is 1.26. The van der Waals surface area contributed by atoms with Crippen LogP contribution in [0.1, 0.15) is 0 Å². The summed E-state index contributed by atoms with van der Waals surface area (Å²) in [5.41, 5.74) is 3.94. The molecule has 0 amide bonds. The van der Waals surface area contributed by atoms with Gasteiger partial charge < -0.3 is 30.8 Å². The van der Waals surface area contributed by atoms with Crippen LogP contribution in [0.4, 0.5) is 0 Å². The smallest absolute Gasteiger partial charge is 0.394 e. The summed E-state index contributed by atoms with van der Waals surface area (Å²) in [6.45, 7) is 1.87. The molecule has 0 atom stereocenters. The molecule has 0 spiro atoms. The quantitative estimate of drug-likeness (QED) is 0.235. The van der Waals surface area contributed by atoms with Crippen LogP contribution in [-0.4, -0.2) is 57.1 Å². The van der Waals surface area contributed by atoms with Crippen LogP contribution >= 0.6 is 7.82 Å². The van der Waals surface area contributed by atoms with Gasteiger partial charge in [0.05, 0.1) is 32.0 Å². The first-order valence-corrected chi connectivity index (χ1v) is 5.70.